The lowest BCUT2D eigenvalue weighted by Gasteiger charge is -2.24. The van der Waals surface area contributed by atoms with E-state index < -0.39 is 12.2 Å². The van der Waals surface area contributed by atoms with Gasteiger partial charge in [0.05, 0.1) is 13.2 Å². The SMILES string of the molecule is COCCOCO[C@@H](c1ccccc1)[C@@H](O)c1ccccc1. The Hall–Kier alpha value is -1.72. The second-order valence-electron chi connectivity index (χ2n) is 4.87. The van der Waals surface area contributed by atoms with Crippen molar-refractivity contribution in [2.24, 2.45) is 0 Å². The molecule has 4 nitrogen and oxygen atoms in total. The fourth-order valence-electron chi connectivity index (χ4n) is 2.16. The molecule has 0 aliphatic carbocycles. The molecule has 0 saturated carbocycles. The van der Waals surface area contributed by atoms with Crippen LogP contribution in [0.1, 0.15) is 23.3 Å². The van der Waals surface area contributed by atoms with Crippen LogP contribution in [-0.2, 0) is 14.2 Å². The van der Waals surface area contributed by atoms with Gasteiger partial charge in [0, 0.05) is 7.11 Å². The van der Waals surface area contributed by atoms with Crippen LogP contribution in [0.15, 0.2) is 60.7 Å². The summed E-state index contributed by atoms with van der Waals surface area (Å²) in [5, 5.41) is 10.6. The van der Waals surface area contributed by atoms with E-state index in [9.17, 15) is 5.11 Å². The maximum Gasteiger partial charge on any atom is 0.147 e. The number of hydrogen-bond acceptors (Lipinski definition) is 4. The van der Waals surface area contributed by atoms with Gasteiger partial charge in [0.15, 0.2) is 0 Å². The third-order valence-corrected chi connectivity index (χ3v) is 3.32. The van der Waals surface area contributed by atoms with Crippen LogP contribution < -0.4 is 0 Å². The minimum atomic E-state index is -0.755. The molecule has 0 spiro atoms. The third kappa shape index (κ3) is 4.93. The van der Waals surface area contributed by atoms with Crippen molar-refractivity contribution in [1.29, 1.82) is 0 Å². The molecule has 0 amide bonds. The first-order valence-corrected chi connectivity index (χ1v) is 7.29. The molecule has 0 heterocycles. The van der Waals surface area contributed by atoms with Crippen molar-refractivity contribution in [2.75, 3.05) is 27.1 Å². The van der Waals surface area contributed by atoms with Gasteiger partial charge < -0.3 is 19.3 Å². The molecule has 0 radical (unpaired) electrons. The summed E-state index contributed by atoms with van der Waals surface area (Å²) in [6.45, 7) is 1.08. The van der Waals surface area contributed by atoms with Gasteiger partial charge in [-0.2, -0.15) is 0 Å². The average molecular weight is 302 g/mol. The zero-order valence-electron chi connectivity index (χ0n) is 12.7. The van der Waals surface area contributed by atoms with E-state index in [1.165, 1.54) is 0 Å². The normalized spacial score (nSPS) is 13.7. The summed E-state index contributed by atoms with van der Waals surface area (Å²) >= 11 is 0. The fourth-order valence-corrected chi connectivity index (χ4v) is 2.16. The van der Waals surface area contributed by atoms with E-state index in [0.29, 0.717) is 13.2 Å². The standard InChI is InChI=1S/C18H22O4/c1-20-12-13-21-14-22-18(16-10-6-3-7-11-16)17(19)15-8-4-2-5-9-15/h2-11,17-19H,12-14H2,1H3/t17-,18-/m0/s1. The number of methoxy groups -OCH3 is 1. The molecule has 2 aromatic carbocycles. The van der Waals surface area contributed by atoms with Crippen LogP contribution >= 0.6 is 0 Å². The predicted molar refractivity (Wildman–Crippen MR) is 84.4 cm³/mol. The van der Waals surface area contributed by atoms with Crippen molar-refractivity contribution in [1.82, 2.24) is 0 Å². The van der Waals surface area contributed by atoms with Crippen molar-refractivity contribution < 1.29 is 19.3 Å². The van der Waals surface area contributed by atoms with Gasteiger partial charge in [0.1, 0.15) is 19.0 Å². The summed E-state index contributed by atoms with van der Waals surface area (Å²) in [6.07, 6.45) is -1.24. The maximum absolute atomic E-state index is 10.6. The van der Waals surface area contributed by atoms with Gasteiger partial charge in [-0.15, -0.1) is 0 Å². The Morgan fingerprint density at radius 2 is 1.45 bits per heavy atom. The van der Waals surface area contributed by atoms with Crippen molar-refractivity contribution in [3.63, 3.8) is 0 Å². The number of ether oxygens (including phenoxy) is 3. The highest BCUT2D eigenvalue weighted by Crippen LogP contribution is 2.31. The van der Waals surface area contributed by atoms with Gasteiger partial charge in [-0.3, -0.25) is 0 Å². The molecule has 2 rings (SSSR count). The van der Waals surface area contributed by atoms with Crippen molar-refractivity contribution in [3.8, 4) is 0 Å². The Kier molecular flexibility index (Phi) is 7.06. The quantitative estimate of drug-likeness (QED) is 0.571. The summed E-state index contributed by atoms with van der Waals surface area (Å²) in [6, 6.07) is 19.1. The number of aliphatic hydroxyl groups excluding tert-OH is 1. The van der Waals surface area contributed by atoms with Gasteiger partial charge in [-0.25, -0.2) is 0 Å². The number of aliphatic hydroxyl groups is 1. The highest BCUT2D eigenvalue weighted by Gasteiger charge is 2.23. The summed E-state index contributed by atoms with van der Waals surface area (Å²) in [7, 11) is 1.62. The Morgan fingerprint density at radius 1 is 0.864 bits per heavy atom. The Labute approximate surface area is 131 Å². The molecule has 0 aromatic heterocycles. The van der Waals surface area contributed by atoms with Crippen LogP contribution in [0.2, 0.25) is 0 Å². The zero-order valence-corrected chi connectivity index (χ0v) is 12.7. The van der Waals surface area contributed by atoms with Gasteiger partial charge in [0.25, 0.3) is 0 Å². The van der Waals surface area contributed by atoms with E-state index >= 15 is 0 Å². The first-order valence-electron chi connectivity index (χ1n) is 7.29. The molecule has 0 aliphatic rings. The molecule has 0 aliphatic heterocycles. The zero-order chi connectivity index (χ0) is 15.6. The molecule has 0 bridgehead atoms. The first-order chi connectivity index (χ1) is 10.8. The van der Waals surface area contributed by atoms with Gasteiger partial charge in [0.2, 0.25) is 0 Å². The topological polar surface area (TPSA) is 47.9 Å². The number of hydrogen-bond donors (Lipinski definition) is 1. The highest BCUT2D eigenvalue weighted by atomic mass is 16.7. The third-order valence-electron chi connectivity index (χ3n) is 3.32. The van der Waals surface area contributed by atoms with Crippen LogP contribution in [0.5, 0.6) is 0 Å². The Bertz CT molecular complexity index is 515. The van der Waals surface area contributed by atoms with Crippen LogP contribution in [0, 0.1) is 0 Å². The Morgan fingerprint density at radius 3 is 2.05 bits per heavy atom. The van der Waals surface area contributed by atoms with Crippen LogP contribution in [0.3, 0.4) is 0 Å². The lowest BCUT2D eigenvalue weighted by molar-refractivity contribution is -0.132. The maximum atomic E-state index is 10.6. The van der Waals surface area contributed by atoms with E-state index in [1.54, 1.807) is 7.11 Å². The summed E-state index contributed by atoms with van der Waals surface area (Å²) in [5.74, 6) is 0. The fraction of sp³-hybridized carbons (Fsp3) is 0.333. The molecule has 0 unspecified atom stereocenters. The minimum Gasteiger partial charge on any atom is -0.385 e. The van der Waals surface area contributed by atoms with E-state index in [4.69, 9.17) is 14.2 Å². The van der Waals surface area contributed by atoms with E-state index in [-0.39, 0.29) is 6.79 Å². The van der Waals surface area contributed by atoms with Crippen molar-refractivity contribution >= 4 is 0 Å². The molecule has 0 saturated heterocycles. The van der Waals surface area contributed by atoms with Crippen molar-refractivity contribution in [3.05, 3.63) is 71.8 Å². The van der Waals surface area contributed by atoms with Crippen LogP contribution in [-0.4, -0.2) is 32.2 Å². The molecule has 4 heteroatoms. The number of benzene rings is 2. The molecule has 1 N–H and O–H groups in total. The molecule has 0 fully saturated rings. The van der Waals surface area contributed by atoms with Crippen LogP contribution in [0.4, 0.5) is 0 Å². The molecule has 2 atom stereocenters. The highest BCUT2D eigenvalue weighted by molar-refractivity contribution is 5.24. The summed E-state index contributed by atoms with van der Waals surface area (Å²) < 4.78 is 16.0. The molecule has 22 heavy (non-hydrogen) atoms. The van der Waals surface area contributed by atoms with E-state index in [2.05, 4.69) is 0 Å². The smallest absolute Gasteiger partial charge is 0.147 e. The van der Waals surface area contributed by atoms with E-state index in [0.717, 1.165) is 11.1 Å². The summed E-state index contributed by atoms with van der Waals surface area (Å²) in [4.78, 5) is 0. The van der Waals surface area contributed by atoms with Crippen molar-refractivity contribution in [2.45, 2.75) is 12.2 Å². The number of rotatable bonds is 9. The molecular weight excluding hydrogens is 280 g/mol. The lowest BCUT2D eigenvalue weighted by Crippen LogP contribution is -2.17. The Balaban J connectivity index is 2.05. The van der Waals surface area contributed by atoms with Gasteiger partial charge in [-0.1, -0.05) is 60.7 Å². The lowest BCUT2D eigenvalue weighted by atomic mass is 9.98. The average Bonchev–Trinajstić information content (AvgIpc) is 2.59. The minimum absolute atomic E-state index is 0.104. The van der Waals surface area contributed by atoms with E-state index in [1.807, 2.05) is 60.7 Å². The summed E-state index contributed by atoms with van der Waals surface area (Å²) in [5.41, 5.74) is 1.72. The largest absolute Gasteiger partial charge is 0.385 e. The molecule has 2 aromatic rings. The second-order valence-corrected chi connectivity index (χ2v) is 4.87. The van der Waals surface area contributed by atoms with Crippen LogP contribution in [0.25, 0.3) is 0 Å². The monoisotopic (exact) mass is 302 g/mol. The first kappa shape index (κ1) is 16.6. The van der Waals surface area contributed by atoms with Gasteiger partial charge >= 0.3 is 0 Å². The molecule has 118 valence electrons. The second kappa shape index (κ2) is 9.33. The van der Waals surface area contributed by atoms with Gasteiger partial charge in [-0.05, 0) is 11.1 Å². The predicted octanol–water partition coefficient (Wildman–Crippen LogP) is 3.10. The molecular formula is C18H22O4.